The summed E-state index contributed by atoms with van der Waals surface area (Å²) in [5.41, 5.74) is 7.90. The number of nitrogens with two attached hydrogens (primary N) is 1. The van der Waals surface area contributed by atoms with Crippen LogP contribution in [0.5, 0.6) is 5.75 Å². The Morgan fingerprint density at radius 1 is 1.35 bits per heavy atom. The zero-order chi connectivity index (χ0) is 13.0. The van der Waals surface area contributed by atoms with Crippen LogP contribution >= 0.6 is 0 Å². The molecule has 0 aliphatic heterocycles. The molecule has 0 aliphatic rings. The van der Waals surface area contributed by atoms with Gasteiger partial charge in [0.1, 0.15) is 5.75 Å². The van der Waals surface area contributed by atoms with Crippen LogP contribution in [0.1, 0.15) is 30.9 Å². The molecule has 0 spiro atoms. The van der Waals surface area contributed by atoms with Crippen molar-refractivity contribution in [3.63, 3.8) is 0 Å². The van der Waals surface area contributed by atoms with Crippen LogP contribution in [0.25, 0.3) is 0 Å². The average molecular weight is 237 g/mol. The largest absolute Gasteiger partial charge is 0.496 e. The fourth-order valence-corrected chi connectivity index (χ4v) is 2.00. The summed E-state index contributed by atoms with van der Waals surface area (Å²) in [6, 6.07) is 5.99. The van der Waals surface area contributed by atoms with Crippen molar-refractivity contribution >= 4 is 0 Å². The Balaban J connectivity index is 3.04. The molecule has 2 atom stereocenters. The standard InChI is InChI=1S/C14H23NO2/c1-9(2)14(16)12(8-15)11-6-5-10(3)13(7-11)17-4/h5-7,9,12,14,16H,8,15H2,1-4H3. The summed E-state index contributed by atoms with van der Waals surface area (Å²) in [5, 5.41) is 10.2. The predicted octanol–water partition coefficient (Wildman–Crippen LogP) is 2.06. The molecule has 1 rings (SSSR count). The zero-order valence-electron chi connectivity index (χ0n) is 11.1. The van der Waals surface area contributed by atoms with Gasteiger partial charge in [-0.3, -0.25) is 0 Å². The third kappa shape index (κ3) is 3.20. The molecule has 3 nitrogen and oxygen atoms in total. The molecular weight excluding hydrogens is 214 g/mol. The molecule has 2 unspecified atom stereocenters. The number of hydrogen-bond donors (Lipinski definition) is 2. The van der Waals surface area contributed by atoms with E-state index in [9.17, 15) is 5.11 Å². The van der Waals surface area contributed by atoms with Gasteiger partial charge in [-0.2, -0.15) is 0 Å². The summed E-state index contributed by atoms with van der Waals surface area (Å²) < 4.78 is 5.30. The molecule has 0 heterocycles. The Morgan fingerprint density at radius 2 is 2.00 bits per heavy atom. The van der Waals surface area contributed by atoms with E-state index in [1.54, 1.807) is 7.11 Å². The maximum absolute atomic E-state index is 10.2. The van der Waals surface area contributed by atoms with E-state index in [1.807, 2.05) is 39.0 Å². The summed E-state index contributed by atoms with van der Waals surface area (Å²) in [4.78, 5) is 0. The van der Waals surface area contributed by atoms with Crippen molar-refractivity contribution in [2.45, 2.75) is 32.8 Å². The van der Waals surface area contributed by atoms with E-state index in [2.05, 4.69) is 0 Å². The Kier molecular flexibility index (Phi) is 4.97. The first-order valence-electron chi connectivity index (χ1n) is 6.04. The van der Waals surface area contributed by atoms with Crippen molar-refractivity contribution in [3.8, 4) is 5.75 Å². The van der Waals surface area contributed by atoms with Crippen molar-refractivity contribution < 1.29 is 9.84 Å². The highest BCUT2D eigenvalue weighted by molar-refractivity contribution is 5.38. The zero-order valence-corrected chi connectivity index (χ0v) is 11.1. The first-order chi connectivity index (χ1) is 8.01. The molecule has 0 radical (unpaired) electrons. The number of ether oxygens (including phenoxy) is 1. The summed E-state index contributed by atoms with van der Waals surface area (Å²) in [7, 11) is 1.66. The molecule has 0 fully saturated rings. The third-order valence-corrected chi connectivity index (χ3v) is 3.21. The first kappa shape index (κ1) is 14.0. The highest BCUT2D eigenvalue weighted by Gasteiger charge is 2.23. The molecule has 0 aromatic heterocycles. The molecule has 1 aromatic carbocycles. The Labute approximate surface area is 104 Å². The Morgan fingerprint density at radius 3 is 2.47 bits per heavy atom. The van der Waals surface area contributed by atoms with Gasteiger partial charge in [0.25, 0.3) is 0 Å². The molecule has 1 aromatic rings. The van der Waals surface area contributed by atoms with Gasteiger partial charge in [-0.15, -0.1) is 0 Å². The smallest absolute Gasteiger partial charge is 0.122 e. The summed E-state index contributed by atoms with van der Waals surface area (Å²) in [6.07, 6.45) is -0.424. The van der Waals surface area contributed by atoms with Gasteiger partial charge in [0.15, 0.2) is 0 Å². The Bertz CT molecular complexity index is 363. The molecule has 96 valence electrons. The number of hydrogen-bond acceptors (Lipinski definition) is 3. The average Bonchev–Trinajstić information content (AvgIpc) is 2.31. The monoisotopic (exact) mass is 237 g/mol. The molecule has 0 amide bonds. The second kappa shape index (κ2) is 6.03. The fourth-order valence-electron chi connectivity index (χ4n) is 2.00. The summed E-state index contributed by atoms with van der Waals surface area (Å²) in [6.45, 7) is 6.43. The topological polar surface area (TPSA) is 55.5 Å². The van der Waals surface area contributed by atoms with Crippen molar-refractivity contribution in [2.24, 2.45) is 11.7 Å². The maximum Gasteiger partial charge on any atom is 0.122 e. The second-order valence-electron chi connectivity index (χ2n) is 4.81. The number of methoxy groups -OCH3 is 1. The lowest BCUT2D eigenvalue weighted by Gasteiger charge is -2.25. The normalized spacial score (nSPS) is 14.8. The van der Waals surface area contributed by atoms with E-state index < -0.39 is 6.10 Å². The van der Waals surface area contributed by atoms with Crippen LogP contribution in [-0.4, -0.2) is 24.9 Å². The van der Waals surface area contributed by atoms with E-state index >= 15 is 0 Å². The first-order valence-corrected chi connectivity index (χ1v) is 6.04. The minimum atomic E-state index is -0.424. The van der Waals surface area contributed by atoms with Gasteiger partial charge in [-0.1, -0.05) is 26.0 Å². The van der Waals surface area contributed by atoms with Crippen molar-refractivity contribution in [3.05, 3.63) is 29.3 Å². The number of aliphatic hydroxyl groups excluding tert-OH is 1. The lowest BCUT2D eigenvalue weighted by molar-refractivity contribution is 0.0984. The van der Waals surface area contributed by atoms with Crippen LogP contribution in [0.3, 0.4) is 0 Å². The SMILES string of the molecule is COc1cc(C(CN)C(O)C(C)C)ccc1C. The second-order valence-corrected chi connectivity index (χ2v) is 4.81. The molecular formula is C14H23NO2. The highest BCUT2D eigenvalue weighted by Crippen LogP contribution is 2.28. The van der Waals surface area contributed by atoms with Crippen molar-refractivity contribution in [1.29, 1.82) is 0 Å². The van der Waals surface area contributed by atoms with Gasteiger partial charge in [-0.25, -0.2) is 0 Å². The van der Waals surface area contributed by atoms with Crippen LogP contribution in [0, 0.1) is 12.8 Å². The van der Waals surface area contributed by atoms with Gasteiger partial charge in [0.2, 0.25) is 0 Å². The minimum Gasteiger partial charge on any atom is -0.496 e. The third-order valence-electron chi connectivity index (χ3n) is 3.21. The fraction of sp³-hybridized carbons (Fsp3) is 0.571. The van der Waals surface area contributed by atoms with Crippen LogP contribution < -0.4 is 10.5 Å². The van der Waals surface area contributed by atoms with Gasteiger partial charge in [0, 0.05) is 12.5 Å². The lowest BCUT2D eigenvalue weighted by Crippen LogP contribution is -2.30. The number of aryl methyl sites for hydroxylation is 1. The molecule has 0 saturated heterocycles. The molecule has 0 bridgehead atoms. The number of aliphatic hydroxyl groups is 1. The molecule has 3 heteroatoms. The van der Waals surface area contributed by atoms with Crippen LogP contribution in [0.4, 0.5) is 0 Å². The van der Waals surface area contributed by atoms with Crippen LogP contribution in [0.2, 0.25) is 0 Å². The van der Waals surface area contributed by atoms with Crippen molar-refractivity contribution in [2.75, 3.05) is 13.7 Å². The van der Waals surface area contributed by atoms with Crippen molar-refractivity contribution in [1.82, 2.24) is 0 Å². The van der Waals surface area contributed by atoms with Gasteiger partial charge < -0.3 is 15.6 Å². The van der Waals surface area contributed by atoms with Gasteiger partial charge >= 0.3 is 0 Å². The summed E-state index contributed by atoms with van der Waals surface area (Å²) >= 11 is 0. The van der Waals surface area contributed by atoms with E-state index in [1.165, 1.54) is 0 Å². The van der Waals surface area contributed by atoms with Gasteiger partial charge in [-0.05, 0) is 30.0 Å². The van der Waals surface area contributed by atoms with E-state index in [4.69, 9.17) is 10.5 Å². The summed E-state index contributed by atoms with van der Waals surface area (Å²) in [5.74, 6) is 0.997. The van der Waals surface area contributed by atoms with Crippen LogP contribution in [0.15, 0.2) is 18.2 Å². The Hall–Kier alpha value is -1.06. The van der Waals surface area contributed by atoms with E-state index in [0.29, 0.717) is 6.54 Å². The molecule has 0 saturated carbocycles. The maximum atomic E-state index is 10.2. The quantitative estimate of drug-likeness (QED) is 0.824. The molecule has 3 N–H and O–H groups in total. The van der Waals surface area contributed by atoms with E-state index in [-0.39, 0.29) is 11.8 Å². The predicted molar refractivity (Wildman–Crippen MR) is 70.4 cm³/mol. The number of benzene rings is 1. The van der Waals surface area contributed by atoms with E-state index in [0.717, 1.165) is 16.9 Å². The lowest BCUT2D eigenvalue weighted by atomic mass is 9.87. The minimum absolute atomic E-state index is 0.0375. The number of rotatable bonds is 5. The van der Waals surface area contributed by atoms with Crippen LogP contribution in [-0.2, 0) is 0 Å². The molecule has 17 heavy (non-hydrogen) atoms. The van der Waals surface area contributed by atoms with Gasteiger partial charge in [0.05, 0.1) is 13.2 Å². The highest BCUT2D eigenvalue weighted by atomic mass is 16.5. The molecule has 0 aliphatic carbocycles.